The van der Waals surface area contributed by atoms with Crippen molar-refractivity contribution < 1.29 is 14.7 Å². The molecule has 0 aromatic carbocycles. The first kappa shape index (κ1) is 11.0. The molecule has 1 saturated heterocycles. The summed E-state index contributed by atoms with van der Waals surface area (Å²) < 4.78 is 0. The number of piperidine rings is 1. The molecule has 4 heteroatoms. The average Bonchev–Trinajstić information content (AvgIpc) is 2.17. The second-order valence-corrected chi connectivity index (χ2v) is 3.88. The van der Waals surface area contributed by atoms with Crippen molar-refractivity contribution in [3.63, 3.8) is 0 Å². The number of amides is 1. The number of hydrogen-bond acceptors (Lipinski definition) is 2. The topological polar surface area (TPSA) is 57.6 Å². The van der Waals surface area contributed by atoms with Crippen molar-refractivity contribution >= 4 is 11.9 Å². The molecule has 0 aromatic rings. The van der Waals surface area contributed by atoms with Crippen molar-refractivity contribution in [1.29, 1.82) is 0 Å². The minimum absolute atomic E-state index is 0.00731. The molecule has 14 heavy (non-hydrogen) atoms. The number of carboxylic acid groups (broad SMARTS) is 1. The highest BCUT2D eigenvalue weighted by Crippen LogP contribution is 2.14. The fraction of sp³-hybridized carbons (Fsp3) is 0.800. The fourth-order valence-corrected chi connectivity index (χ4v) is 1.78. The Kier molecular flexibility index (Phi) is 3.92. The van der Waals surface area contributed by atoms with Gasteiger partial charge in [-0.3, -0.25) is 9.59 Å². The van der Waals surface area contributed by atoms with Gasteiger partial charge in [-0.1, -0.05) is 6.92 Å². The lowest BCUT2D eigenvalue weighted by atomic mass is 10.0. The van der Waals surface area contributed by atoms with Gasteiger partial charge >= 0.3 is 5.97 Å². The monoisotopic (exact) mass is 199 g/mol. The van der Waals surface area contributed by atoms with Gasteiger partial charge in [-0.05, 0) is 19.3 Å². The number of likely N-dealkylation sites (tertiary alicyclic amines) is 1. The predicted molar refractivity (Wildman–Crippen MR) is 51.8 cm³/mol. The summed E-state index contributed by atoms with van der Waals surface area (Å²) >= 11 is 0. The number of aliphatic carboxylic acids is 1. The Labute approximate surface area is 83.9 Å². The van der Waals surface area contributed by atoms with Crippen molar-refractivity contribution in [1.82, 2.24) is 4.90 Å². The van der Waals surface area contributed by atoms with Crippen LogP contribution in [0, 0.1) is 5.92 Å². The van der Waals surface area contributed by atoms with E-state index in [4.69, 9.17) is 5.11 Å². The van der Waals surface area contributed by atoms with Crippen LogP contribution in [-0.4, -0.2) is 35.0 Å². The van der Waals surface area contributed by atoms with Crippen LogP contribution in [0.2, 0.25) is 0 Å². The van der Waals surface area contributed by atoms with Gasteiger partial charge in [0.2, 0.25) is 5.91 Å². The van der Waals surface area contributed by atoms with E-state index in [9.17, 15) is 9.59 Å². The SMILES string of the molecule is C[C@@H](CC(=O)O)C(=O)N1CCCCC1. The molecule has 4 nitrogen and oxygen atoms in total. The van der Waals surface area contributed by atoms with Crippen LogP contribution in [0.1, 0.15) is 32.6 Å². The highest BCUT2D eigenvalue weighted by Gasteiger charge is 2.23. The summed E-state index contributed by atoms with van der Waals surface area (Å²) in [6.45, 7) is 3.27. The van der Waals surface area contributed by atoms with Gasteiger partial charge in [-0.2, -0.15) is 0 Å². The second kappa shape index (κ2) is 4.98. The van der Waals surface area contributed by atoms with Gasteiger partial charge in [0.15, 0.2) is 0 Å². The highest BCUT2D eigenvalue weighted by molar-refractivity contribution is 5.82. The molecule has 0 radical (unpaired) electrons. The van der Waals surface area contributed by atoms with Crippen LogP contribution in [0.15, 0.2) is 0 Å². The quantitative estimate of drug-likeness (QED) is 0.740. The summed E-state index contributed by atoms with van der Waals surface area (Å²) in [5.74, 6) is -1.29. The zero-order chi connectivity index (χ0) is 10.6. The Hall–Kier alpha value is -1.06. The van der Waals surface area contributed by atoms with Crippen LogP contribution >= 0.6 is 0 Å². The molecule has 0 aliphatic carbocycles. The van der Waals surface area contributed by atoms with Crippen LogP contribution < -0.4 is 0 Å². The minimum Gasteiger partial charge on any atom is -0.481 e. The van der Waals surface area contributed by atoms with Gasteiger partial charge in [-0.15, -0.1) is 0 Å². The molecule has 1 aliphatic heterocycles. The number of rotatable bonds is 3. The normalized spacial score (nSPS) is 19.1. The molecule has 0 unspecified atom stereocenters. The first-order valence-electron chi connectivity index (χ1n) is 5.12. The number of carboxylic acids is 1. The summed E-state index contributed by atoms with van der Waals surface area (Å²) in [5, 5.41) is 8.56. The molecule has 0 spiro atoms. The average molecular weight is 199 g/mol. The number of carbonyl (C=O) groups is 2. The fourth-order valence-electron chi connectivity index (χ4n) is 1.78. The number of hydrogen-bond donors (Lipinski definition) is 1. The molecular formula is C10H17NO3. The van der Waals surface area contributed by atoms with Crippen molar-refractivity contribution in [3.05, 3.63) is 0 Å². The van der Waals surface area contributed by atoms with Gasteiger partial charge in [0.1, 0.15) is 0 Å². The lowest BCUT2D eigenvalue weighted by Crippen LogP contribution is -2.39. The van der Waals surface area contributed by atoms with Crippen molar-refractivity contribution in [3.8, 4) is 0 Å². The van der Waals surface area contributed by atoms with E-state index in [2.05, 4.69) is 0 Å². The zero-order valence-electron chi connectivity index (χ0n) is 8.53. The van der Waals surface area contributed by atoms with Gasteiger partial charge in [0.05, 0.1) is 6.42 Å². The van der Waals surface area contributed by atoms with Gasteiger partial charge in [0, 0.05) is 19.0 Å². The molecule has 0 bridgehead atoms. The Balaban J connectivity index is 2.42. The van der Waals surface area contributed by atoms with E-state index in [-0.39, 0.29) is 18.2 Å². The number of nitrogens with zero attached hydrogens (tertiary/aromatic N) is 1. The van der Waals surface area contributed by atoms with E-state index in [1.165, 1.54) is 6.42 Å². The maximum absolute atomic E-state index is 11.7. The molecule has 1 heterocycles. The van der Waals surface area contributed by atoms with E-state index in [0.717, 1.165) is 25.9 Å². The first-order valence-corrected chi connectivity index (χ1v) is 5.12. The second-order valence-electron chi connectivity index (χ2n) is 3.88. The van der Waals surface area contributed by atoms with Crippen LogP contribution in [0.25, 0.3) is 0 Å². The van der Waals surface area contributed by atoms with Crippen LogP contribution in [0.3, 0.4) is 0 Å². The highest BCUT2D eigenvalue weighted by atomic mass is 16.4. The maximum Gasteiger partial charge on any atom is 0.304 e. The lowest BCUT2D eigenvalue weighted by molar-refractivity contribution is -0.144. The summed E-state index contributed by atoms with van der Waals surface area (Å²) in [7, 11) is 0. The van der Waals surface area contributed by atoms with Crippen molar-refractivity contribution in [2.45, 2.75) is 32.6 Å². The molecule has 1 amide bonds. The van der Waals surface area contributed by atoms with Crippen LogP contribution in [0.4, 0.5) is 0 Å². The number of carbonyl (C=O) groups excluding carboxylic acids is 1. The van der Waals surface area contributed by atoms with Gasteiger partial charge in [-0.25, -0.2) is 0 Å². The minimum atomic E-state index is -0.900. The molecular weight excluding hydrogens is 182 g/mol. The van der Waals surface area contributed by atoms with E-state index in [1.54, 1.807) is 11.8 Å². The Morgan fingerprint density at radius 1 is 1.29 bits per heavy atom. The summed E-state index contributed by atoms with van der Waals surface area (Å²) in [6, 6.07) is 0. The Morgan fingerprint density at radius 2 is 1.86 bits per heavy atom. The van der Waals surface area contributed by atoms with Crippen molar-refractivity contribution in [2.75, 3.05) is 13.1 Å². The summed E-state index contributed by atoms with van der Waals surface area (Å²) in [6.07, 6.45) is 3.21. The van der Waals surface area contributed by atoms with E-state index in [1.807, 2.05) is 0 Å². The summed E-state index contributed by atoms with van der Waals surface area (Å²) in [4.78, 5) is 23.9. The smallest absolute Gasteiger partial charge is 0.304 e. The molecule has 1 aliphatic rings. The molecule has 80 valence electrons. The molecule has 1 atom stereocenters. The van der Waals surface area contributed by atoms with Crippen molar-refractivity contribution in [2.24, 2.45) is 5.92 Å². The van der Waals surface area contributed by atoms with E-state index >= 15 is 0 Å². The largest absolute Gasteiger partial charge is 0.481 e. The van der Waals surface area contributed by atoms with E-state index in [0.29, 0.717) is 0 Å². The maximum atomic E-state index is 11.7. The first-order chi connectivity index (χ1) is 6.61. The third-order valence-electron chi connectivity index (χ3n) is 2.57. The molecule has 1 N–H and O–H groups in total. The molecule has 1 fully saturated rings. The van der Waals surface area contributed by atoms with Crippen LogP contribution in [-0.2, 0) is 9.59 Å². The molecule has 0 aromatic heterocycles. The predicted octanol–water partition coefficient (Wildman–Crippen LogP) is 1.11. The van der Waals surface area contributed by atoms with Gasteiger partial charge in [0.25, 0.3) is 0 Å². The Bertz CT molecular complexity index is 221. The molecule has 1 rings (SSSR count). The van der Waals surface area contributed by atoms with Gasteiger partial charge < -0.3 is 10.0 Å². The van der Waals surface area contributed by atoms with E-state index < -0.39 is 5.97 Å². The standard InChI is InChI=1S/C10H17NO3/c1-8(7-9(12)13)10(14)11-5-3-2-4-6-11/h8H,2-7H2,1H3,(H,12,13)/t8-/m0/s1. The zero-order valence-corrected chi connectivity index (χ0v) is 8.53. The lowest BCUT2D eigenvalue weighted by Gasteiger charge is -2.28. The third kappa shape index (κ3) is 3.01. The third-order valence-corrected chi connectivity index (χ3v) is 2.57. The molecule has 0 saturated carbocycles. The van der Waals surface area contributed by atoms with Crippen LogP contribution in [0.5, 0.6) is 0 Å². The Morgan fingerprint density at radius 3 is 2.36 bits per heavy atom. The summed E-state index contributed by atoms with van der Waals surface area (Å²) in [5.41, 5.74) is 0.